The van der Waals surface area contributed by atoms with Gasteiger partial charge >= 0.3 is 5.97 Å². The van der Waals surface area contributed by atoms with E-state index < -0.39 is 36.2 Å². The Balaban J connectivity index is 2.20. The molecule has 0 saturated heterocycles. The molecule has 1 aliphatic rings. The fourth-order valence-electron chi connectivity index (χ4n) is 2.82. The van der Waals surface area contributed by atoms with E-state index in [1.165, 1.54) is 24.9 Å². The van der Waals surface area contributed by atoms with Crippen LogP contribution in [-0.4, -0.2) is 38.1 Å². The fourth-order valence-corrected chi connectivity index (χ4v) is 4.12. The normalized spacial score (nSPS) is 22.5. The summed E-state index contributed by atoms with van der Waals surface area (Å²) < 4.78 is 42.8. The predicted octanol–water partition coefficient (Wildman–Crippen LogP) is 2.77. The van der Waals surface area contributed by atoms with Crippen molar-refractivity contribution in [3.8, 4) is 5.75 Å². The van der Waals surface area contributed by atoms with E-state index in [-0.39, 0.29) is 5.69 Å². The minimum absolute atomic E-state index is 0.144. The molecule has 2 atom stereocenters. The standard InChI is InChI=1S/C20H22N2O4S/c1-13(23)26-18-19(14-7-9-15(25-2)10-8-14)27-17-6-4-3-5-16(17)22(12-11-21)20(18)24/h3-10,18-19H,11-12,21H2,1-2H3/t18-,19+/m0/s1/i11D2,12D2. The Morgan fingerprint density at radius 1 is 1.26 bits per heavy atom. The van der Waals surface area contributed by atoms with Crippen molar-refractivity contribution in [2.24, 2.45) is 5.73 Å². The van der Waals surface area contributed by atoms with Gasteiger partial charge in [-0.05, 0) is 29.8 Å². The van der Waals surface area contributed by atoms with Gasteiger partial charge in [0.15, 0.2) is 6.10 Å². The molecule has 0 spiro atoms. The average molecular weight is 390 g/mol. The quantitative estimate of drug-likeness (QED) is 0.791. The lowest BCUT2D eigenvalue weighted by atomic mass is 10.1. The number of para-hydroxylation sites is 1. The van der Waals surface area contributed by atoms with Crippen molar-refractivity contribution in [3.63, 3.8) is 0 Å². The van der Waals surface area contributed by atoms with Gasteiger partial charge in [0, 0.05) is 27.6 Å². The fraction of sp³-hybridized carbons (Fsp3) is 0.300. The SMILES string of the molecule is [2H]C([2H])(N)C([2H])([2H])N1C(=O)[C@@H](OC(C)=O)[C@@H](c2ccc(OC)cc2)Sc2ccccc21. The van der Waals surface area contributed by atoms with Gasteiger partial charge in [-0.2, -0.15) is 0 Å². The largest absolute Gasteiger partial charge is 0.497 e. The molecule has 0 aliphatic carbocycles. The van der Waals surface area contributed by atoms with Crippen molar-refractivity contribution < 1.29 is 24.5 Å². The van der Waals surface area contributed by atoms with E-state index in [1.54, 1.807) is 42.5 Å². The third-order valence-corrected chi connectivity index (χ3v) is 5.38. The maximum Gasteiger partial charge on any atom is 0.303 e. The Morgan fingerprint density at radius 2 is 1.96 bits per heavy atom. The van der Waals surface area contributed by atoms with Crippen LogP contribution in [0.4, 0.5) is 5.69 Å². The van der Waals surface area contributed by atoms with Gasteiger partial charge < -0.3 is 20.1 Å². The molecule has 27 heavy (non-hydrogen) atoms. The molecule has 6 nitrogen and oxygen atoms in total. The van der Waals surface area contributed by atoms with Crippen LogP contribution in [0, 0.1) is 0 Å². The van der Waals surface area contributed by atoms with E-state index >= 15 is 0 Å². The summed E-state index contributed by atoms with van der Waals surface area (Å²) in [6.07, 6.45) is -1.42. The predicted molar refractivity (Wildman–Crippen MR) is 105 cm³/mol. The van der Waals surface area contributed by atoms with Gasteiger partial charge in [0.2, 0.25) is 0 Å². The van der Waals surface area contributed by atoms with Crippen molar-refractivity contribution in [3.05, 3.63) is 54.1 Å². The molecule has 0 bridgehead atoms. The van der Waals surface area contributed by atoms with Crippen LogP contribution in [0.3, 0.4) is 0 Å². The highest BCUT2D eigenvalue weighted by atomic mass is 32.2. The van der Waals surface area contributed by atoms with E-state index in [4.69, 9.17) is 20.7 Å². The number of hydrogen-bond donors (Lipinski definition) is 1. The van der Waals surface area contributed by atoms with Crippen LogP contribution in [0.25, 0.3) is 0 Å². The van der Waals surface area contributed by atoms with Crippen LogP contribution in [0.15, 0.2) is 53.4 Å². The zero-order valence-electron chi connectivity index (χ0n) is 18.8. The number of amides is 1. The lowest BCUT2D eigenvalue weighted by Gasteiger charge is -2.27. The summed E-state index contributed by atoms with van der Waals surface area (Å²) in [4.78, 5) is 26.6. The summed E-state index contributed by atoms with van der Waals surface area (Å²) >= 11 is 1.22. The van der Waals surface area contributed by atoms with Gasteiger partial charge in [-0.25, -0.2) is 0 Å². The smallest absolute Gasteiger partial charge is 0.303 e. The Hall–Kier alpha value is -2.51. The molecule has 7 heteroatoms. The van der Waals surface area contributed by atoms with Crippen molar-refractivity contribution in [2.45, 2.75) is 23.2 Å². The number of fused-ring (bicyclic) bond motifs is 1. The van der Waals surface area contributed by atoms with Crippen molar-refractivity contribution in [1.82, 2.24) is 0 Å². The summed E-state index contributed by atoms with van der Waals surface area (Å²) in [5.41, 5.74) is 6.27. The van der Waals surface area contributed by atoms with Crippen molar-refractivity contribution >= 4 is 29.3 Å². The minimum atomic E-state index is -2.92. The Labute approximate surface area is 168 Å². The molecule has 2 N–H and O–H groups in total. The molecule has 142 valence electrons. The van der Waals surface area contributed by atoms with Crippen LogP contribution >= 0.6 is 11.8 Å². The summed E-state index contributed by atoms with van der Waals surface area (Å²) in [6.45, 7) is -4.66. The summed E-state index contributed by atoms with van der Waals surface area (Å²) in [7, 11) is 1.53. The van der Waals surface area contributed by atoms with Gasteiger partial charge in [0.05, 0.1) is 20.8 Å². The number of carbonyl (C=O) groups excluding carboxylic acids is 2. The molecule has 1 heterocycles. The Kier molecular flexibility index (Phi) is 4.55. The van der Waals surface area contributed by atoms with Gasteiger partial charge in [0.1, 0.15) is 5.75 Å². The number of esters is 1. The van der Waals surface area contributed by atoms with Crippen LogP contribution in [0.5, 0.6) is 5.75 Å². The van der Waals surface area contributed by atoms with Crippen LogP contribution < -0.4 is 15.4 Å². The number of benzene rings is 2. The highest BCUT2D eigenvalue weighted by Crippen LogP contribution is 2.46. The summed E-state index contributed by atoms with van der Waals surface area (Å²) in [5.74, 6) is -1.03. The van der Waals surface area contributed by atoms with Gasteiger partial charge in [-0.3, -0.25) is 9.59 Å². The van der Waals surface area contributed by atoms with E-state index in [0.29, 0.717) is 21.1 Å². The zero-order chi connectivity index (χ0) is 23.0. The molecular formula is C20H22N2O4S. The van der Waals surface area contributed by atoms with Crippen molar-refractivity contribution in [1.29, 1.82) is 0 Å². The van der Waals surface area contributed by atoms with Gasteiger partial charge in [-0.15, -0.1) is 11.8 Å². The zero-order valence-corrected chi connectivity index (χ0v) is 15.7. The van der Waals surface area contributed by atoms with E-state index in [1.807, 2.05) is 0 Å². The third-order valence-electron chi connectivity index (χ3n) is 4.01. The van der Waals surface area contributed by atoms with E-state index in [2.05, 4.69) is 0 Å². The first kappa shape index (κ1) is 14.5. The second-order valence-corrected chi connectivity index (χ2v) is 6.92. The number of ether oxygens (including phenoxy) is 2. The van der Waals surface area contributed by atoms with Crippen LogP contribution in [-0.2, 0) is 14.3 Å². The maximum absolute atomic E-state index is 13.6. The molecule has 0 aromatic heterocycles. The number of rotatable bonds is 5. The molecule has 3 rings (SSSR count). The van der Waals surface area contributed by atoms with E-state index in [0.717, 1.165) is 6.92 Å². The minimum Gasteiger partial charge on any atom is -0.497 e. The first-order valence-electron chi connectivity index (χ1n) is 10.2. The second-order valence-electron chi connectivity index (χ2n) is 5.74. The molecule has 1 aliphatic heterocycles. The van der Waals surface area contributed by atoms with E-state index in [9.17, 15) is 9.59 Å². The highest BCUT2D eigenvalue weighted by Gasteiger charge is 2.40. The summed E-state index contributed by atoms with van der Waals surface area (Å²) in [6, 6.07) is 13.4. The lowest BCUT2D eigenvalue weighted by Crippen LogP contribution is -2.44. The lowest BCUT2D eigenvalue weighted by molar-refractivity contribution is -0.152. The van der Waals surface area contributed by atoms with Crippen molar-refractivity contribution in [2.75, 3.05) is 25.0 Å². The first-order valence-corrected chi connectivity index (χ1v) is 9.05. The highest BCUT2D eigenvalue weighted by molar-refractivity contribution is 7.99. The number of hydrogen-bond acceptors (Lipinski definition) is 6. The monoisotopic (exact) mass is 390 g/mol. The molecule has 0 radical (unpaired) electrons. The molecule has 1 amide bonds. The number of carbonyl (C=O) groups is 2. The number of thioether (sulfide) groups is 1. The van der Waals surface area contributed by atoms with Crippen LogP contribution in [0.1, 0.15) is 23.2 Å². The number of anilines is 1. The van der Waals surface area contributed by atoms with Crippen LogP contribution in [0.2, 0.25) is 0 Å². The molecular weight excluding hydrogens is 364 g/mol. The maximum atomic E-state index is 13.6. The van der Waals surface area contributed by atoms with Gasteiger partial charge in [-0.1, -0.05) is 24.3 Å². The molecule has 2 aromatic carbocycles. The Bertz CT molecular complexity index is 982. The molecule has 0 fully saturated rings. The molecule has 0 unspecified atom stereocenters. The second kappa shape index (κ2) is 8.45. The molecule has 0 saturated carbocycles. The topological polar surface area (TPSA) is 81.9 Å². The Morgan fingerprint density at radius 3 is 2.59 bits per heavy atom. The van der Waals surface area contributed by atoms with Gasteiger partial charge in [0.25, 0.3) is 5.91 Å². The molecule has 2 aromatic rings. The average Bonchev–Trinajstić information content (AvgIpc) is 2.82. The number of methoxy groups -OCH3 is 1. The number of nitrogens with two attached hydrogens (primary N) is 1. The number of nitrogens with zero attached hydrogens (tertiary/aromatic N) is 1. The first-order chi connectivity index (χ1) is 14.5. The summed E-state index contributed by atoms with van der Waals surface area (Å²) in [5, 5.41) is -0.715. The third kappa shape index (κ3) is 4.09.